The summed E-state index contributed by atoms with van der Waals surface area (Å²) in [5.41, 5.74) is 7.41. The Labute approximate surface area is 104 Å². The normalized spacial score (nSPS) is 12.5. The number of rotatable bonds is 6. The molecule has 1 atom stereocenters. The summed E-state index contributed by atoms with van der Waals surface area (Å²) in [6, 6.07) is 4.98. The summed E-state index contributed by atoms with van der Waals surface area (Å²) in [6.45, 7) is 4.92. The first-order chi connectivity index (χ1) is 8.07. The topological polar surface area (TPSA) is 29.3 Å². The molecule has 1 aromatic carbocycles. The second kappa shape index (κ2) is 6.60. The van der Waals surface area contributed by atoms with Crippen molar-refractivity contribution >= 4 is 5.69 Å². The quantitative estimate of drug-likeness (QED) is 0.769. The standard InChI is InChI=1S/C14H23FN2/c1-4-5-6-10-17(3)14-12(11(2)16)8-7-9-13(14)15/h7-9,11H,4-6,10,16H2,1-3H3/t11-/m1/s1. The molecule has 1 rings (SSSR count). The second-order valence-corrected chi connectivity index (χ2v) is 4.60. The van der Waals surface area contributed by atoms with Gasteiger partial charge in [-0.2, -0.15) is 0 Å². The molecule has 96 valence electrons. The van der Waals surface area contributed by atoms with Gasteiger partial charge in [0, 0.05) is 19.6 Å². The smallest absolute Gasteiger partial charge is 0.146 e. The lowest BCUT2D eigenvalue weighted by Crippen LogP contribution is -2.23. The summed E-state index contributed by atoms with van der Waals surface area (Å²) >= 11 is 0. The maximum Gasteiger partial charge on any atom is 0.146 e. The number of nitrogens with zero attached hydrogens (tertiary/aromatic N) is 1. The third-order valence-corrected chi connectivity index (χ3v) is 2.99. The lowest BCUT2D eigenvalue weighted by molar-refractivity contribution is 0.610. The lowest BCUT2D eigenvalue weighted by atomic mass is 10.1. The zero-order chi connectivity index (χ0) is 12.8. The molecule has 0 saturated heterocycles. The molecular weight excluding hydrogens is 215 g/mol. The van der Waals surface area contributed by atoms with E-state index in [9.17, 15) is 4.39 Å². The fourth-order valence-corrected chi connectivity index (χ4v) is 2.01. The van der Waals surface area contributed by atoms with E-state index >= 15 is 0 Å². The van der Waals surface area contributed by atoms with E-state index in [0.29, 0.717) is 5.69 Å². The first-order valence-corrected chi connectivity index (χ1v) is 6.33. The summed E-state index contributed by atoms with van der Waals surface area (Å²) < 4.78 is 13.9. The Kier molecular flexibility index (Phi) is 5.42. The van der Waals surface area contributed by atoms with Gasteiger partial charge in [-0.05, 0) is 25.0 Å². The molecule has 0 spiro atoms. The molecule has 2 nitrogen and oxygen atoms in total. The third-order valence-electron chi connectivity index (χ3n) is 2.99. The Morgan fingerprint density at radius 3 is 2.65 bits per heavy atom. The number of hydrogen-bond acceptors (Lipinski definition) is 2. The highest BCUT2D eigenvalue weighted by molar-refractivity contribution is 5.55. The van der Waals surface area contributed by atoms with E-state index in [-0.39, 0.29) is 11.9 Å². The van der Waals surface area contributed by atoms with Gasteiger partial charge in [0.15, 0.2) is 0 Å². The van der Waals surface area contributed by atoms with E-state index in [2.05, 4.69) is 6.92 Å². The van der Waals surface area contributed by atoms with E-state index < -0.39 is 0 Å². The molecule has 0 aliphatic heterocycles. The van der Waals surface area contributed by atoms with Gasteiger partial charge in [0.05, 0.1) is 5.69 Å². The molecular formula is C14H23FN2. The Morgan fingerprint density at radius 2 is 2.06 bits per heavy atom. The fraction of sp³-hybridized carbons (Fsp3) is 0.571. The second-order valence-electron chi connectivity index (χ2n) is 4.60. The fourth-order valence-electron chi connectivity index (χ4n) is 2.01. The minimum absolute atomic E-state index is 0.144. The predicted molar refractivity (Wildman–Crippen MR) is 71.8 cm³/mol. The molecule has 17 heavy (non-hydrogen) atoms. The number of benzene rings is 1. The molecule has 0 amide bonds. The number of nitrogens with two attached hydrogens (primary N) is 1. The van der Waals surface area contributed by atoms with E-state index in [1.807, 2.05) is 24.9 Å². The van der Waals surface area contributed by atoms with Gasteiger partial charge >= 0.3 is 0 Å². The molecule has 0 heterocycles. The van der Waals surface area contributed by atoms with Crippen LogP contribution in [-0.2, 0) is 0 Å². The van der Waals surface area contributed by atoms with E-state index in [1.165, 1.54) is 18.9 Å². The van der Waals surface area contributed by atoms with Crippen LogP contribution in [0.15, 0.2) is 18.2 Å². The van der Waals surface area contributed by atoms with Crippen molar-refractivity contribution in [2.75, 3.05) is 18.5 Å². The first-order valence-electron chi connectivity index (χ1n) is 6.33. The Hall–Kier alpha value is -1.09. The number of halogens is 1. The molecule has 0 aliphatic rings. The number of hydrogen-bond donors (Lipinski definition) is 1. The average molecular weight is 238 g/mol. The Balaban J connectivity index is 2.87. The van der Waals surface area contributed by atoms with Crippen molar-refractivity contribution in [3.8, 4) is 0 Å². The van der Waals surface area contributed by atoms with E-state index in [0.717, 1.165) is 18.5 Å². The zero-order valence-corrected chi connectivity index (χ0v) is 11.0. The van der Waals surface area contributed by atoms with Crippen molar-refractivity contribution < 1.29 is 4.39 Å². The van der Waals surface area contributed by atoms with E-state index in [1.54, 1.807) is 6.07 Å². The van der Waals surface area contributed by atoms with Crippen LogP contribution in [0, 0.1) is 5.82 Å². The van der Waals surface area contributed by atoms with E-state index in [4.69, 9.17) is 5.73 Å². The van der Waals surface area contributed by atoms with Crippen molar-refractivity contribution in [3.05, 3.63) is 29.6 Å². The molecule has 0 fully saturated rings. The summed E-state index contributed by atoms with van der Waals surface area (Å²) in [5, 5.41) is 0. The van der Waals surface area contributed by atoms with Crippen LogP contribution in [0.5, 0.6) is 0 Å². The minimum Gasteiger partial charge on any atom is -0.372 e. The number of para-hydroxylation sites is 1. The molecule has 0 saturated carbocycles. The van der Waals surface area contributed by atoms with Crippen molar-refractivity contribution in [1.29, 1.82) is 0 Å². The third kappa shape index (κ3) is 3.70. The summed E-state index contributed by atoms with van der Waals surface area (Å²) in [4.78, 5) is 1.98. The van der Waals surface area contributed by atoms with Crippen LogP contribution in [0.2, 0.25) is 0 Å². The van der Waals surface area contributed by atoms with Gasteiger partial charge in [-0.3, -0.25) is 0 Å². The van der Waals surface area contributed by atoms with Crippen molar-refractivity contribution in [1.82, 2.24) is 0 Å². The van der Waals surface area contributed by atoms with Gasteiger partial charge in [0.25, 0.3) is 0 Å². The summed E-state index contributed by atoms with van der Waals surface area (Å²) in [7, 11) is 1.93. The maximum atomic E-state index is 13.9. The van der Waals surface area contributed by atoms with Gasteiger partial charge in [-0.1, -0.05) is 31.9 Å². The molecule has 0 unspecified atom stereocenters. The SMILES string of the molecule is CCCCCN(C)c1c(F)cccc1[C@@H](C)N. The van der Waals surface area contributed by atoms with Gasteiger partial charge in [0.2, 0.25) is 0 Å². The monoisotopic (exact) mass is 238 g/mol. The molecule has 3 heteroatoms. The van der Waals surface area contributed by atoms with Gasteiger partial charge in [0.1, 0.15) is 5.82 Å². The van der Waals surface area contributed by atoms with Crippen molar-refractivity contribution in [2.45, 2.75) is 39.2 Å². The van der Waals surface area contributed by atoms with Crippen LogP contribution < -0.4 is 10.6 Å². The Morgan fingerprint density at radius 1 is 1.35 bits per heavy atom. The average Bonchev–Trinajstić information content (AvgIpc) is 2.28. The van der Waals surface area contributed by atoms with Gasteiger partial charge < -0.3 is 10.6 Å². The molecule has 0 aromatic heterocycles. The highest BCUT2D eigenvalue weighted by atomic mass is 19.1. The number of anilines is 1. The van der Waals surface area contributed by atoms with Crippen LogP contribution in [0.1, 0.15) is 44.7 Å². The van der Waals surface area contributed by atoms with Gasteiger partial charge in [-0.25, -0.2) is 4.39 Å². The molecule has 0 bridgehead atoms. The maximum absolute atomic E-state index is 13.9. The molecule has 2 N–H and O–H groups in total. The lowest BCUT2D eigenvalue weighted by Gasteiger charge is -2.24. The zero-order valence-electron chi connectivity index (χ0n) is 11.0. The highest BCUT2D eigenvalue weighted by Gasteiger charge is 2.14. The van der Waals surface area contributed by atoms with Crippen molar-refractivity contribution in [2.24, 2.45) is 5.73 Å². The molecule has 0 aliphatic carbocycles. The van der Waals surface area contributed by atoms with Gasteiger partial charge in [-0.15, -0.1) is 0 Å². The largest absolute Gasteiger partial charge is 0.372 e. The minimum atomic E-state index is -0.182. The van der Waals surface area contributed by atoms with Crippen LogP contribution in [0.25, 0.3) is 0 Å². The van der Waals surface area contributed by atoms with Crippen molar-refractivity contribution in [3.63, 3.8) is 0 Å². The molecule has 0 radical (unpaired) electrons. The summed E-state index contributed by atoms with van der Waals surface area (Å²) in [5.74, 6) is -0.182. The summed E-state index contributed by atoms with van der Waals surface area (Å²) in [6.07, 6.45) is 3.43. The Bertz CT molecular complexity index is 350. The first kappa shape index (κ1) is 14.0. The number of unbranched alkanes of at least 4 members (excludes halogenated alkanes) is 2. The van der Waals surface area contributed by atoms with Crippen LogP contribution in [0.3, 0.4) is 0 Å². The molecule has 1 aromatic rings. The van der Waals surface area contributed by atoms with Crippen LogP contribution >= 0.6 is 0 Å². The highest BCUT2D eigenvalue weighted by Crippen LogP contribution is 2.27. The van der Waals surface area contributed by atoms with Crippen LogP contribution in [0.4, 0.5) is 10.1 Å². The van der Waals surface area contributed by atoms with Crippen LogP contribution in [-0.4, -0.2) is 13.6 Å². The predicted octanol–water partition coefficient (Wildman–Crippen LogP) is 3.47.